The summed E-state index contributed by atoms with van der Waals surface area (Å²) in [5.74, 6) is -0.209. The molecule has 168 valence electrons. The van der Waals surface area contributed by atoms with Gasteiger partial charge in [0.15, 0.2) is 10.8 Å². The third-order valence-electron chi connectivity index (χ3n) is 4.53. The van der Waals surface area contributed by atoms with Crippen LogP contribution in [0.15, 0.2) is 59.3 Å². The van der Waals surface area contributed by atoms with Crippen LogP contribution in [0.25, 0.3) is 10.6 Å². The zero-order chi connectivity index (χ0) is 23.4. The number of halogens is 1. The van der Waals surface area contributed by atoms with Crippen LogP contribution < -0.4 is 9.64 Å². The maximum Gasteiger partial charge on any atom is 0.358 e. The van der Waals surface area contributed by atoms with Gasteiger partial charge in [-0.05, 0) is 24.3 Å². The van der Waals surface area contributed by atoms with Crippen LogP contribution in [0, 0.1) is 0 Å². The Balaban J connectivity index is 1.45. The van der Waals surface area contributed by atoms with E-state index in [0.717, 1.165) is 5.56 Å². The highest BCUT2D eigenvalue weighted by atomic mass is 35.5. The van der Waals surface area contributed by atoms with Crippen LogP contribution in [0.1, 0.15) is 23.1 Å². The molecule has 0 saturated heterocycles. The first-order valence-corrected chi connectivity index (χ1v) is 11.9. The van der Waals surface area contributed by atoms with E-state index in [1.807, 2.05) is 24.3 Å². The molecule has 0 saturated carbocycles. The van der Waals surface area contributed by atoms with E-state index in [9.17, 15) is 9.59 Å². The molecular formula is C23H18ClN3O4S2. The van der Waals surface area contributed by atoms with E-state index >= 15 is 0 Å². The molecule has 2 heterocycles. The number of hydrogen-bond donors (Lipinski definition) is 0. The predicted molar refractivity (Wildman–Crippen MR) is 130 cm³/mol. The molecule has 0 aliphatic rings. The summed E-state index contributed by atoms with van der Waals surface area (Å²) in [7, 11) is 1.54. The van der Waals surface area contributed by atoms with Crippen molar-refractivity contribution < 1.29 is 19.1 Å². The Morgan fingerprint density at radius 1 is 1.03 bits per heavy atom. The number of rotatable bonds is 7. The van der Waals surface area contributed by atoms with E-state index < -0.39 is 5.97 Å². The van der Waals surface area contributed by atoms with Gasteiger partial charge in [-0.15, -0.1) is 22.7 Å². The van der Waals surface area contributed by atoms with Crippen molar-refractivity contribution >= 4 is 57.0 Å². The summed E-state index contributed by atoms with van der Waals surface area (Å²) >= 11 is 8.54. The van der Waals surface area contributed by atoms with Gasteiger partial charge in [-0.1, -0.05) is 35.9 Å². The van der Waals surface area contributed by atoms with Crippen LogP contribution in [-0.4, -0.2) is 29.0 Å². The van der Waals surface area contributed by atoms with Crippen LogP contribution in [-0.2, 0) is 16.1 Å². The first-order valence-electron chi connectivity index (χ1n) is 9.73. The zero-order valence-electron chi connectivity index (χ0n) is 17.6. The molecule has 0 unspecified atom stereocenters. The molecule has 0 N–H and O–H groups in total. The molecule has 0 bridgehead atoms. The van der Waals surface area contributed by atoms with Crippen LogP contribution >= 0.6 is 34.3 Å². The van der Waals surface area contributed by atoms with E-state index in [-0.39, 0.29) is 18.2 Å². The first kappa shape index (κ1) is 22.9. The van der Waals surface area contributed by atoms with Gasteiger partial charge in [-0.25, -0.2) is 14.8 Å². The fourth-order valence-electron chi connectivity index (χ4n) is 2.99. The number of hydrogen-bond acceptors (Lipinski definition) is 8. The molecule has 10 heteroatoms. The van der Waals surface area contributed by atoms with E-state index in [1.54, 1.807) is 42.1 Å². The van der Waals surface area contributed by atoms with E-state index in [2.05, 4.69) is 9.97 Å². The molecule has 2 aromatic carbocycles. The number of aromatic nitrogens is 2. The van der Waals surface area contributed by atoms with Crippen molar-refractivity contribution in [1.29, 1.82) is 0 Å². The van der Waals surface area contributed by atoms with Gasteiger partial charge in [0.2, 0.25) is 5.91 Å². The number of ether oxygens (including phenoxy) is 2. The van der Waals surface area contributed by atoms with Crippen molar-refractivity contribution in [3.05, 3.63) is 75.7 Å². The second kappa shape index (κ2) is 10.1. The highest BCUT2D eigenvalue weighted by molar-refractivity contribution is 7.14. The zero-order valence-corrected chi connectivity index (χ0v) is 20.0. The van der Waals surface area contributed by atoms with Gasteiger partial charge >= 0.3 is 5.97 Å². The van der Waals surface area contributed by atoms with Crippen molar-refractivity contribution in [3.8, 4) is 16.3 Å². The summed E-state index contributed by atoms with van der Waals surface area (Å²) in [6, 6.07) is 14.4. The monoisotopic (exact) mass is 499 g/mol. The quantitative estimate of drug-likeness (QED) is 0.291. The molecule has 0 aliphatic heterocycles. The topological polar surface area (TPSA) is 81.6 Å². The molecule has 0 spiro atoms. The Bertz CT molecular complexity index is 1290. The van der Waals surface area contributed by atoms with Crippen molar-refractivity contribution in [2.45, 2.75) is 13.5 Å². The Morgan fingerprint density at radius 3 is 2.52 bits per heavy atom. The molecule has 7 nitrogen and oxygen atoms in total. The summed E-state index contributed by atoms with van der Waals surface area (Å²) in [5, 5.41) is 5.18. The number of amides is 1. The third kappa shape index (κ3) is 5.22. The van der Waals surface area contributed by atoms with Crippen LogP contribution in [0.3, 0.4) is 0 Å². The standard InChI is InChI=1S/C23H18ClN3O4S2/c1-14(28)27(19-5-3-4-6-20(19)30-2)23-25-17(12-33-23)11-31-22(29)18-13-32-21(26-18)15-7-9-16(24)10-8-15/h3-10,12-13H,11H2,1-2H3. The molecule has 0 aliphatic carbocycles. The molecule has 0 radical (unpaired) electrons. The highest BCUT2D eigenvalue weighted by Crippen LogP contribution is 2.35. The average Bonchev–Trinajstić information content (AvgIpc) is 3.49. The van der Waals surface area contributed by atoms with Gasteiger partial charge in [0.05, 0.1) is 18.5 Å². The molecular weight excluding hydrogens is 482 g/mol. The second-order valence-electron chi connectivity index (χ2n) is 6.77. The number of anilines is 2. The van der Waals surface area contributed by atoms with Gasteiger partial charge < -0.3 is 9.47 Å². The maximum atomic E-state index is 12.5. The average molecular weight is 500 g/mol. The predicted octanol–water partition coefficient (Wildman–Crippen LogP) is 5.97. The Kier molecular flexibility index (Phi) is 7.02. The fraction of sp³-hybridized carbons (Fsp3) is 0.130. The molecule has 0 fully saturated rings. The number of nitrogens with zero attached hydrogens (tertiary/aromatic N) is 3. The van der Waals surface area contributed by atoms with Crippen LogP contribution in [0.4, 0.5) is 10.8 Å². The number of para-hydroxylation sites is 2. The number of carbonyl (C=O) groups is 2. The summed E-state index contributed by atoms with van der Waals surface area (Å²) < 4.78 is 10.8. The number of methoxy groups -OCH3 is 1. The minimum Gasteiger partial charge on any atom is -0.495 e. The smallest absolute Gasteiger partial charge is 0.358 e. The number of esters is 1. The maximum absolute atomic E-state index is 12.5. The molecule has 33 heavy (non-hydrogen) atoms. The molecule has 0 atom stereocenters. The molecule has 1 amide bonds. The van der Waals surface area contributed by atoms with Crippen molar-refractivity contribution in [1.82, 2.24) is 9.97 Å². The van der Waals surface area contributed by atoms with Crippen molar-refractivity contribution in [2.24, 2.45) is 0 Å². The highest BCUT2D eigenvalue weighted by Gasteiger charge is 2.22. The minimum absolute atomic E-state index is 0.0409. The summed E-state index contributed by atoms with van der Waals surface area (Å²) in [4.78, 5) is 35.1. The lowest BCUT2D eigenvalue weighted by Gasteiger charge is -2.20. The number of benzene rings is 2. The number of thiazole rings is 2. The number of carbonyl (C=O) groups excluding carboxylic acids is 2. The van der Waals surface area contributed by atoms with E-state index in [4.69, 9.17) is 21.1 Å². The van der Waals surface area contributed by atoms with E-state index in [0.29, 0.717) is 32.3 Å². The Labute approximate surface area is 203 Å². The summed E-state index contributed by atoms with van der Waals surface area (Å²) in [5.41, 5.74) is 2.20. The molecule has 2 aromatic heterocycles. The molecule has 4 aromatic rings. The lowest BCUT2D eigenvalue weighted by atomic mass is 10.2. The van der Waals surface area contributed by atoms with Crippen LogP contribution in [0.2, 0.25) is 5.02 Å². The van der Waals surface area contributed by atoms with E-state index in [1.165, 1.54) is 34.5 Å². The minimum atomic E-state index is -0.547. The first-order chi connectivity index (χ1) is 16.0. The summed E-state index contributed by atoms with van der Waals surface area (Å²) in [6.07, 6.45) is 0. The van der Waals surface area contributed by atoms with Gasteiger partial charge in [0.1, 0.15) is 17.4 Å². The van der Waals surface area contributed by atoms with Crippen LogP contribution in [0.5, 0.6) is 5.75 Å². The third-order valence-corrected chi connectivity index (χ3v) is 6.55. The van der Waals surface area contributed by atoms with Crippen molar-refractivity contribution in [2.75, 3.05) is 12.0 Å². The summed E-state index contributed by atoms with van der Waals surface area (Å²) in [6.45, 7) is 1.41. The Hall–Kier alpha value is -3.27. The second-order valence-corrected chi connectivity index (χ2v) is 8.90. The van der Waals surface area contributed by atoms with Gasteiger partial charge in [-0.3, -0.25) is 9.69 Å². The van der Waals surface area contributed by atoms with Gasteiger partial charge in [0.25, 0.3) is 0 Å². The van der Waals surface area contributed by atoms with Gasteiger partial charge in [0, 0.05) is 28.3 Å². The lowest BCUT2D eigenvalue weighted by Crippen LogP contribution is -2.23. The SMILES string of the molecule is COc1ccccc1N(C(C)=O)c1nc(COC(=O)c2csc(-c3ccc(Cl)cc3)n2)cs1. The van der Waals surface area contributed by atoms with Crippen molar-refractivity contribution in [3.63, 3.8) is 0 Å². The molecule has 4 rings (SSSR count). The van der Waals surface area contributed by atoms with Gasteiger partial charge in [-0.2, -0.15) is 0 Å². The fourth-order valence-corrected chi connectivity index (χ4v) is 4.78. The largest absolute Gasteiger partial charge is 0.495 e. The normalized spacial score (nSPS) is 10.6. The Morgan fingerprint density at radius 2 is 1.79 bits per heavy atom. The lowest BCUT2D eigenvalue weighted by molar-refractivity contribution is -0.115.